The summed E-state index contributed by atoms with van der Waals surface area (Å²) < 4.78 is 6.95. The third-order valence-corrected chi connectivity index (χ3v) is 3.98. The van der Waals surface area contributed by atoms with Gasteiger partial charge in [-0.3, -0.25) is 4.79 Å². The maximum atomic E-state index is 12.1. The number of hydrogen-bond donors (Lipinski definition) is 0. The predicted molar refractivity (Wildman–Crippen MR) is 72.2 cm³/mol. The highest BCUT2D eigenvalue weighted by Gasteiger charge is 2.18. The number of aryl methyl sites for hydroxylation is 1. The zero-order chi connectivity index (χ0) is 13.2. The van der Waals surface area contributed by atoms with E-state index in [0.29, 0.717) is 26.3 Å². The first kappa shape index (κ1) is 12.4. The van der Waals surface area contributed by atoms with Gasteiger partial charge in [-0.2, -0.15) is 0 Å². The predicted octanol–water partition coefficient (Wildman–Crippen LogP) is 1.51. The summed E-state index contributed by atoms with van der Waals surface area (Å²) in [7, 11) is 1.85. The van der Waals surface area contributed by atoms with Crippen LogP contribution in [0.25, 0.3) is 11.0 Å². The zero-order valence-corrected chi connectivity index (χ0v) is 11.4. The number of morpholine rings is 1. The van der Waals surface area contributed by atoms with Crippen LogP contribution in [-0.4, -0.2) is 51.4 Å². The number of rotatable bonds is 1. The normalized spacial score (nSPS) is 15.9. The highest BCUT2D eigenvalue weighted by Crippen LogP contribution is 2.25. The minimum absolute atomic E-state index is 0.0616. The number of thioether (sulfide) groups is 1. The largest absolute Gasteiger partial charge is 0.378 e. The standard InChI is InChI=1S/C12H14N4O2S/c1-15-11-3-2-9(8-10(11)13-14-15)19-12(17)16-4-6-18-7-5-16/h2-3,8H,4-7H2,1H3. The molecule has 1 aliphatic heterocycles. The molecule has 2 heterocycles. The number of carbonyl (C=O) groups is 1. The molecule has 0 atom stereocenters. The molecule has 1 saturated heterocycles. The Hall–Kier alpha value is -1.60. The fourth-order valence-corrected chi connectivity index (χ4v) is 2.82. The summed E-state index contributed by atoms with van der Waals surface area (Å²) in [6, 6.07) is 5.75. The fraction of sp³-hybridized carbons (Fsp3) is 0.417. The van der Waals surface area contributed by atoms with Crippen molar-refractivity contribution in [1.29, 1.82) is 0 Å². The Morgan fingerprint density at radius 2 is 2.16 bits per heavy atom. The van der Waals surface area contributed by atoms with Gasteiger partial charge in [-0.05, 0) is 30.0 Å². The first-order chi connectivity index (χ1) is 9.24. The van der Waals surface area contributed by atoms with Crippen LogP contribution in [0.2, 0.25) is 0 Å². The van der Waals surface area contributed by atoms with Gasteiger partial charge in [0.05, 0.1) is 18.7 Å². The molecule has 1 amide bonds. The smallest absolute Gasteiger partial charge is 0.286 e. The molecule has 0 aliphatic carbocycles. The van der Waals surface area contributed by atoms with Gasteiger partial charge in [0, 0.05) is 25.0 Å². The molecule has 1 aromatic carbocycles. The molecule has 6 nitrogen and oxygen atoms in total. The van der Waals surface area contributed by atoms with Crippen molar-refractivity contribution in [3.8, 4) is 0 Å². The Kier molecular flexibility index (Phi) is 3.39. The van der Waals surface area contributed by atoms with Crippen molar-refractivity contribution in [1.82, 2.24) is 19.9 Å². The first-order valence-corrected chi connectivity index (χ1v) is 6.89. The van der Waals surface area contributed by atoms with E-state index in [9.17, 15) is 4.79 Å². The maximum Gasteiger partial charge on any atom is 0.286 e. The van der Waals surface area contributed by atoms with Crippen LogP contribution in [0.4, 0.5) is 4.79 Å². The molecule has 100 valence electrons. The second-order valence-electron chi connectivity index (χ2n) is 4.33. The molecule has 1 aromatic heterocycles. The van der Waals surface area contributed by atoms with Gasteiger partial charge in [-0.1, -0.05) is 5.21 Å². The summed E-state index contributed by atoms with van der Waals surface area (Å²) in [6.07, 6.45) is 0. The van der Waals surface area contributed by atoms with E-state index in [1.54, 1.807) is 4.68 Å². The minimum Gasteiger partial charge on any atom is -0.378 e. The third-order valence-electron chi connectivity index (χ3n) is 3.06. The lowest BCUT2D eigenvalue weighted by atomic mass is 10.3. The van der Waals surface area contributed by atoms with Crippen LogP contribution in [0.5, 0.6) is 0 Å². The van der Waals surface area contributed by atoms with E-state index in [0.717, 1.165) is 15.9 Å². The summed E-state index contributed by atoms with van der Waals surface area (Å²) in [5.41, 5.74) is 1.77. The van der Waals surface area contributed by atoms with Crippen LogP contribution in [0.15, 0.2) is 23.1 Å². The van der Waals surface area contributed by atoms with Gasteiger partial charge >= 0.3 is 0 Å². The number of nitrogens with zero attached hydrogens (tertiary/aromatic N) is 4. The lowest BCUT2D eigenvalue weighted by Crippen LogP contribution is -2.38. The lowest BCUT2D eigenvalue weighted by molar-refractivity contribution is 0.0593. The molecule has 0 radical (unpaired) electrons. The van der Waals surface area contributed by atoms with Crippen LogP contribution in [0.1, 0.15) is 0 Å². The van der Waals surface area contributed by atoms with Crippen molar-refractivity contribution >= 4 is 28.0 Å². The second kappa shape index (κ2) is 5.18. The van der Waals surface area contributed by atoms with Gasteiger partial charge in [0.1, 0.15) is 5.52 Å². The van der Waals surface area contributed by atoms with E-state index in [2.05, 4.69) is 10.3 Å². The van der Waals surface area contributed by atoms with E-state index in [4.69, 9.17) is 4.74 Å². The molecule has 0 saturated carbocycles. The van der Waals surface area contributed by atoms with E-state index in [1.807, 2.05) is 30.1 Å². The Balaban J connectivity index is 1.75. The molecule has 0 bridgehead atoms. The number of carbonyl (C=O) groups excluding carboxylic acids is 1. The van der Waals surface area contributed by atoms with Crippen molar-refractivity contribution < 1.29 is 9.53 Å². The summed E-state index contributed by atoms with van der Waals surface area (Å²) in [6.45, 7) is 2.57. The average molecular weight is 278 g/mol. The highest BCUT2D eigenvalue weighted by atomic mass is 32.2. The molecule has 2 aromatic rings. The summed E-state index contributed by atoms with van der Waals surface area (Å²) in [5, 5.41) is 8.07. The molecular weight excluding hydrogens is 264 g/mol. The van der Waals surface area contributed by atoms with E-state index in [1.165, 1.54) is 11.8 Å². The SMILES string of the molecule is Cn1nnc2cc(SC(=O)N3CCOCC3)ccc21. The van der Waals surface area contributed by atoms with Crippen molar-refractivity contribution in [2.75, 3.05) is 26.3 Å². The molecule has 1 fully saturated rings. The van der Waals surface area contributed by atoms with E-state index >= 15 is 0 Å². The van der Waals surface area contributed by atoms with Crippen LogP contribution in [0.3, 0.4) is 0 Å². The number of benzene rings is 1. The zero-order valence-electron chi connectivity index (χ0n) is 10.6. The Morgan fingerprint density at radius 3 is 2.95 bits per heavy atom. The number of ether oxygens (including phenoxy) is 1. The van der Waals surface area contributed by atoms with Gasteiger partial charge in [0.15, 0.2) is 0 Å². The molecule has 7 heteroatoms. The van der Waals surface area contributed by atoms with Crippen molar-refractivity contribution in [2.24, 2.45) is 7.05 Å². The van der Waals surface area contributed by atoms with Crippen LogP contribution in [-0.2, 0) is 11.8 Å². The summed E-state index contributed by atoms with van der Waals surface area (Å²) >= 11 is 1.23. The van der Waals surface area contributed by atoms with Crippen LogP contribution >= 0.6 is 11.8 Å². The van der Waals surface area contributed by atoms with Gasteiger partial charge in [-0.25, -0.2) is 4.68 Å². The summed E-state index contributed by atoms with van der Waals surface area (Å²) in [4.78, 5) is 14.8. The number of amides is 1. The third kappa shape index (κ3) is 2.57. The summed E-state index contributed by atoms with van der Waals surface area (Å²) in [5.74, 6) is 0. The Labute approximate surface area is 114 Å². The van der Waals surface area contributed by atoms with Crippen LogP contribution in [0, 0.1) is 0 Å². The molecular formula is C12H14N4O2S. The van der Waals surface area contributed by atoms with E-state index in [-0.39, 0.29) is 5.24 Å². The van der Waals surface area contributed by atoms with Gasteiger partial charge in [-0.15, -0.1) is 5.10 Å². The quantitative estimate of drug-likeness (QED) is 0.740. The first-order valence-electron chi connectivity index (χ1n) is 6.08. The van der Waals surface area contributed by atoms with E-state index < -0.39 is 0 Å². The molecule has 0 spiro atoms. The number of aromatic nitrogens is 3. The topological polar surface area (TPSA) is 60.2 Å². The Bertz CT molecular complexity index is 607. The van der Waals surface area contributed by atoms with Crippen LogP contribution < -0.4 is 0 Å². The lowest BCUT2D eigenvalue weighted by Gasteiger charge is -2.26. The van der Waals surface area contributed by atoms with Crippen molar-refractivity contribution in [3.63, 3.8) is 0 Å². The molecule has 19 heavy (non-hydrogen) atoms. The average Bonchev–Trinajstić information content (AvgIpc) is 2.81. The minimum atomic E-state index is 0.0616. The molecule has 0 N–H and O–H groups in total. The van der Waals surface area contributed by atoms with Gasteiger partial charge in [0.25, 0.3) is 5.24 Å². The van der Waals surface area contributed by atoms with Gasteiger partial charge < -0.3 is 9.64 Å². The molecule has 1 aliphatic rings. The number of fused-ring (bicyclic) bond motifs is 1. The fourth-order valence-electron chi connectivity index (χ4n) is 2.00. The number of hydrogen-bond acceptors (Lipinski definition) is 5. The molecule has 3 rings (SSSR count). The van der Waals surface area contributed by atoms with Crippen molar-refractivity contribution in [2.45, 2.75) is 4.90 Å². The Morgan fingerprint density at radius 1 is 1.37 bits per heavy atom. The monoisotopic (exact) mass is 278 g/mol. The second-order valence-corrected chi connectivity index (χ2v) is 5.36. The van der Waals surface area contributed by atoms with Crippen molar-refractivity contribution in [3.05, 3.63) is 18.2 Å². The molecule has 0 unspecified atom stereocenters. The van der Waals surface area contributed by atoms with Gasteiger partial charge in [0.2, 0.25) is 0 Å². The maximum absolute atomic E-state index is 12.1. The highest BCUT2D eigenvalue weighted by molar-refractivity contribution is 8.13.